The second-order valence-corrected chi connectivity index (χ2v) is 5.74. The van der Waals surface area contributed by atoms with Crippen LogP contribution in [0.3, 0.4) is 0 Å². The Hall–Kier alpha value is -1.38. The Morgan fingerprint density at radius 3 is 2.65 bits per heavy atom. The zero-order chi connectivity index (χ0) is 12.6. The number of ether oxygens (including phenoxy) is 1. The van der Waals surface area contributed by atoms with E-state index in [0.29, 0.717) is 0 Å². The van der Waals surface area contributed by atoms with Crippen molar-refractivity contribution < 1.29 is 9.53 Å². The van der Waals surface area contributed by atoms with Crippen LogP contribution < -0.4 is 0 Å². The molecule has 1 saturated carbocycles. The van der Waals surface area contributed by atoms with Crippen molar-refractivity contribution in [2.24, 2.45) is 5.92 Å². The number of aromatic nitrogens is 1. The Balaban J connectivity index is 1.96. The van der Waals surface area contributed by atoms with E-state index in [0.717, 1.165) is 17.7 Å². The van der Waals surface area contributed by atoms with E-state index in [9.17, 15) is 4.79 Å². The molecule has 0 aromatic carbocycles. The smallest absolute Gasteiger partial charge is 0.310 e. The molecule has 3 nitrogen and oxygen atoms in total. The van der Waals surface area contributed by atoms with Crippen molar-refractivity contribution in [2.75, 3.05) is 0 Å². The van der Waals surface area contributed by atoms with E-state index >= 15 is 0 Å². The van der Waals surface area contributed by atoms with Crippen LogP contribution in [0.1, 0.15) is 44.4 Å². The van der Waals surface area contributed by atoms with E-state index in [4.69, 9.17) is 4.74 Å². The minimum atomic E-state index is -0.398. The number of nitrogens with zero attached hydrogens (tertiary/aromatic N) is 1. The number of hydrogen-bond donors (Lipinski definition) is 0. The highest BCUT2D eigenvalue weighted by atomic mass is 16.6. The first-order valence-electron chi connectivity index (χ1n) is 6.02. The van der Waals surface area contributed by atoms with E-state index in [2.05, 4.69) is 4.98 Å². The average molecular weight is 233 g/mol. The van der Waals surface area contributed by atoms with Gasteiger partial charge in [-0.25, -0.2) is 0 Å². The predicted molar refractivity (Wildman–Crippen MR) is 65.7 cm³/mol. The predicted octanol–water partition coefficient (Wildman–Crippen LogP) is 2.84. The highest BCUT2D eigenvalue weighted by Crippen LogP contribution is 2.47. The fourth-order valence-corrected chi connectivity index (χ4v) is 1.86. The molecule has 1 aliphatic rings. The summed E-state index contributed by atoms with van der Waals surface area (Å²) in [7, 11) is 0. The lowest BCUT2D eigenvalue weighted by Gasteiger charge is -2.19. The van der Waals surface area contributed by atoms with Gasteiger partial charge in [0.2, 0.25) is 0 Å². The van der Waals surface area contributed by atoms with Gasteiger partial charge in [-0.2, -0.15) is 0 Å². The van der Waals surface area contributed by atoms with Gasteiger partial charge in [-0.05, 0) is 45.7 Å². The van der Waals surface area contributed by atoms with Crippen LogP contribution >= 0.6 is 0 Å². The molecule has 0 spiro atoms. The Morgan fingerprint density at radius 1 is 1.41 bits per heavy atom. The van der Waals surface area contributed by atoms with Crippen molar-refractivity contribution in [1.82, 2.24) is 4.98 Å². The van der Waals surface area contributed by atoms with Crippen molar-refractivity contribution in [3.05, 3.63) is 29.6 Å². The van der Waals surface area contributed by atoms with E-state index in [-0.39, 0.29) is 17.8 Å². The first kappa shape index (κ1) is 12.1. The molecule has 0 bridgehead atoms. The van der Waals surface area contributed by atoms with Crippen LogP contribution in [-0.4, -0.2) is 16.6 Å². The molecule has 0 saturated heterocycles. The average Bonchev–Trinajstić information content (AvgIpc) is 2.96. The zero-order valence-electron chi connectivity index (χ0n) is 10.9. The molecule has 0 amide bonds. The third-order valence-electron chi connectivity index (χ3n) is 2.81. The summed E-state index contributed by atoms with van der Waals surface area (Å²) in [4.78, 5) is 16.2. The topological polar surface area (TPSA) is 39.2 Å². The highest BCUT2D eigenvalue weighted by molar-refractivity contribution is 5.77. The SMILES string of the molecule is Cc1ccc([C@H]2C[C@@H]2C(=O)OC(C)(C)C)nc1. The van der Waals surface area contributed by atoms with Gasteiger partial charge in [0.25, 0.3) is 0 Å². The van der Waals surface area contributed by atoms with E-state index in [1.165, 1.54) is 0 Å². The lowest BCUT2D eigenvalue weighted by atomic mass is 10.1. The Bertz CT molecular complexity index is 417. The van der Waals surface area contributed by atoms with Crippen molar-refractivity contribution in [1.29, 1.82) is 0 Å². The van der Waals surface area contributed by atoms with E-state index in [1.54, 1.807) is 0 Å². The van der Waals surface area contributed by atoms with Crippen LogP contribution in [0.5, 0.6) is 0 Å². The second kappa shape index (κ2) is 4.13. The number of aryl methyl sites for hydroxylation is 1. The molecule has 0 N–H and O–H groups in total. The van der Waals surface area contributed by atoms with Crippen LogP contribution in [0.15, 0.2) is 18.3 Å². The summed E-state index contributed by atoms with van der Waals surface area (Å²) in [6.45, 7) is 7.69. The Morgan fingerprint density at radius 2 is 2.12 bits per heavy atom. The Kier molecular flexibility index (Phi) is 2.94. The van der Waals surface area contributed by atoms with Crippen molar-refractivity contribution >= 4 is 5.97 Å². The molecule has 17 heavy (non-hydrogen) atoms. The van der Waals surface area contributed by atoms with Gasteiger partial charge in [0.05, 0.1) is 5.92 Å². The van der Waals surface area contributed by atoms with Crippen molar-refractivity contribution in [3.8, 4) is 0 Å². The first-order chi connectivity index (χ1) is 7.87. The molecule has 92 valence electrons. The van der Waals surface area contributed by atoms with Crippen LogP contribution in [-0.2, 0) is 9.53 Å². The number of carbonyl (C=O) groups excluding carboxylic acids is 1. The van der Waals surface area contributed by atoms with Gasteiger partial charge in [-0.3, -0.25) is 9.78 Å². The monoisotopic (exact) mass is 233 g/mol. The fraction of sp³-hybridized carbons (Fsp3) is 0.571. The molecule has 2 atom stereocenters. The number of esters is 1. The molecule has 2 rings (SSSR count). The van der Waals surface area contributed by atoms with Gasteiger partial charge < -0.3 is 4.74 Å². The third kappa shape index (κ3) is 3.05. The van der Waals surface area contributed by atoms with Gasteiger partial charge in [-0.1, -0.05) is 6.07 Å². The van der Waals surface area contributed by atoms with Gasteiger partial charge in [-0.15, -0.1) is 0 Å². The molecule has 0 aliphatic heterocycles. The third-order valence-corrected chi connectivity index (χ3v) is 2.81. The minimum absolute atomic E-state index is 0.00410. The van der Waals surface area contributed by atoms with Crippen LogP contribution in [0.4, 0.5) is 0 Å². The molecule has 1 heterocycles. The van der Waals surface area contributed by atoms with Crippen molar-refractivity contribution in [2.45, 2.75) is 45.6 Å². The highest BCUT2D eigenvalue weighted by Gasteiger charge is 2.47. The molecular formula is C14H19NO2. The molecule has 1 aliphatic carbocycles. The van der Waals surface area contributed by atoms with Crippen molar-refractivity contribution in [3.63, 3.8) is 0 Å². The maximum absolute atomic E-state index is 11.8. The second-order valence-electron chi connectivity index (χ2n) is 5.74. The van der Waals surface area contributed by atoms with E-state index < -0.39 is 5.60 Å². The Labute approximate surface area is 102 Å². The van der Waals surface area contributed by atoms with Crippen LogP contribution in [0.2, 0.25) is 0 Å². The standard InChI is InChI=1S/C14H19NO2/c1-9-5-6-12(15-8-9)10-7-11(10)13(16)17-14(2,3)4/h5-6,8,10-11H,7H2,1-4H3/t10-,11-/m0/s1. The first-order valence-corrected chi connectivity index (χ1v) is 6.02. The van der Waals surface area contributed by atoms with Crippen LogP contribution in [0, 0.1) is 12.8 Å². The molecular weight excluding hydrogens is 214 g/mol. The molecule has 3 heteroatoms. The summed E-state index contributed by atoms with van der Waals surface area (Å²) in [6, 6.07) is 4.04. The summed E-state index contributed by atoms with van der Waals surface area (Å²) >= 11 is 0. The summed E-state index contributed by atoms with van der Waals surface area (Å²) in [6.07, 6.45) is 2.71. The van der Waals surface area contributed by atoms with Gasteiger partial charge >= 0.3 is 5.97 Å². The van der Waals surface area contributed by atoms with Gasteiger partial charge in [0.1, 0.15) is 5.60 Å². The molecule has 1 aromatic heterocycles. The number of carbonyl (C=O) groups is 1. The maximum Gasteiger partial charge on any atom is 0.310 e. The number of pyridine rings is 1. The summed E-state index contributed by atoms with van der Waals surface area (Å²) in [5, 5.41) is 0. The van der Waals surface area contributed by atoms with Gasteiger partial charge in [0.15, 0.2) is 0 Å². The fourth-order valence-electron chi connectivity index (χ4n) is 1.86. The lowest BCUT2D eigenvalue weighted by molar-refractivity contribution is -0.156. The van der Waals surface area contributed by atoms with Crippen LogP contribution in [0.25, 0.3) is 0 Å². The molecule has 0 radical (unpaired) electrons. The quantitative estimate of drug-likeness (QED) is 0.737. The number of rotatable bonds is 2. The maximum atomic E-state index is 11.8. The normalized spacial score (nSPS) is 23.3. The lowest BCUT2D eigenvalue weighted by Crippen LogP contribution is -2.25. The summed E-state index contributed by atoms with van der Waals surface area (Å²) in [5.41, 5.74) is 1.75. The minimum Gasteiger partial charge on any atom is -0.460 e. The summed E-state index contributed by atoms with van der Waals surface area (Å²) < 4.78 is 5.37. The van der Waals surface area contributed by atoms with Gasteiger partial charge in [0, 0.05) is 17.8 Å². The number of hydrogen-bond acceptors (Lipinski definition) is 3. The largest absolute Gasteiger partial charge is 0.460 e. The molecule has 1 aromatic rings. The van der Waals surface area contributed by atoms with E-state index in [1.807, 2.05) is 46.0 Å². The molecule has 0 unspecified atom stereocenters. The zero-order valence-corrected chi connectivity index (χ0v) is 10.9. The molecule has 1 fully saturated rings. The summed E-state index contributed by atoms with van der Waals surface area (Å²) in [5.74, 6) is 0.166.